The van der Waals surface area contributed by atoms with Crippen molar-refractivity contribution < 1.29 is 18.7 Å². The highest BCUT2D eigenvalue weighted by atomic mass is 19.1. The number of piperidine rings is 1. The summed E-state index contributed by atoms with van der Waals surface area (Å²) >= 11 is 0. The molecule has 0 aromatic heterocycles. The Morgan fingerprint density at radius 2 is 2.00 bits per heavy atom. The van der Waals surface area contributed by atoms with Crippen molar-refractivity contribution in [3.05, 3.63) is 0 Å². The van der Waals surface area contributed by atoms with E-state index in [0.717, 1.165) is 45.2 Å². The van der Waals surface area contributed by atoms with Gasteiger partial charge in [-0.3, -0.25) is 9.59 Å². The number of hydrogen-bond donors (Lipinski definition) is 0. The number of halogens is 1. The van der Waals surface area contributed by atoms with Gasteiger partial charge in [0, 0.05) is 25.4 Å². The number of amides is 2. The van der Waals surface area contributed by atoms with Crippen LogP contribution in [0.3, 0.4) is 0 Å². The van der Waals surface area contributed by atoms with Gasteiger partial charge in [-0.1, -0.05) is 0 Å². The maximum atomic E-state index is 14.2. The summed E-state index contributed by atoms with van der Waals surface area (Å²) in [5.41, 5.74) is -1.84. The van der Waals surface area contributed by atoms with Crippen molar-refractivity contribution in [3.63, 3.8) is 0 Å². The lowest BCUT2D eigenvalue weighted by molar-refractivity contribution is -0.200. The van der Waals surface area contributed by atoms with E-state index < -0.39 is 5.67 Å². The van der Waals surface area contributed by atoms with Gasteiger partial charge < -0.3 is 14.5 Å². The quantitative estimate of drug-likeness (QED) is 0.790. The molecule has 3 heterocycles. The first-order chi connectivity index (χ1) is 11.5. The number of carbonyl (C=O) groups is 2. The van der Waals surface area contributed by atoms with Crippen LogP contribution >= 0.6 is 0 Å². The minimum atomic E-state index is -1.59. The molecule has 0 N–H and O–H groups in total. The third-order valence-corrected chi connectivity index (χ3v) is 6.31. The van der Waals surface area contributed by atoms with Crippen LogP contribution in [-0.2, 0) is 14.3 Å². The summed E-state index contributed by atoms with van der Waals surface area (Å²) in [7, 11) is 0. The molecule has 5 nitrogen and oxygen atoms in total. The van der Waals surface area contributed by atoms with Crippen LogP contribution in [0.4, 0.5) is 4.39 Å². The zero-order chi connectivity index (χ0) is 16.8. The Bertz CT molecular complexity index is 518. The van der Waals surface area contributed by atoms with E-state index in [9.17, 15) is 14.0 Å². The maximum absolute atomic E-state index is 14.2. The van der Waals surface area contributed by atoms with Gasteiger partial charge in [0.2, 0.25) is 5.91 Å². The summed E-state index contributed by atoms with van der Waals surface area (Å²) in [6.45, 7) is 3.39. The monoisotopic (exact) mass is 338 g/mol. The molecule has 4 fully saturated rings. The highest BCUT2D eigenvalue weighted by Gasteiger charge is 2.55. The third kappa shape index (κ3) is 2.83. The fraction of sp³-hybridized carbons (Fsp3) is 0.889. The lowest BCUT2D eigenvalue weighted by Gasteiger charge is -2.54. The van der Waals surface area contributed by atoms with E-state index in [1.54, 1.807) is 4.90 Å². The molecule has 0 aromatic rings. The topological polar surface area (TPSA) is 49.9 Å². The zero-order valence-corrected chi connectivity index (χ0v) is 14.3. The molecular weight excluding hydrogens is 311 g/mol. The molecule has 0 aromatic carbocycles. The number of likely N-dealkylation sites (tertiary alicyclic amines) is 2. The van der Waals surface area contributed by atoms with Gasteiger partial charge >= 0.3 is 0 Å². The van der Waals surface area contributed by atoms with E-state index in [1.807, 2.05) is 4.90 Å². The number of hydrogen-bond acceptors (Lipinski definition) is 3. The molecule has 1 spiro atoms. The standard InChI is InChI=1S/C18H27FN2O3/c19-18(6-3-7-18)16(23)21-12-17(13-21)8-5-14(11-24-17)10-20-9-2-1-4-15(20)22/h14H,1-13H2. The van der Waals surface area contributed by atoms with E-state index in [0.29, 0.717) is 44.9 Å². The second-order valence-electron chi connectivity index (χ2n) is 8.18. The average Bonchev–Trinajstić information content (AvgIpc) is 2.53. The van der Waals surface area contributed by atoms with Gasteiger partial charge in [0.15, 0.2) is 5.67 Å². The largest absolute Gasteiger partial charge is 0.371 e. The van der Waals surface area contributed by atoms with E-state index in [2.05, 4.69) is 0 Å². The van der Waals surface area contributed by atoms with Crippen LogP contribution in [0.5, 0.6) is 0 Å². The molecule has 3 aliphatic heterocycles. The summed E-state index contributed by atoms with van der Waals surface area (Å²) in [4.78, 5) is 27.7. The number of ether oxygens (including phenoxy) is 1. The highest BCUT2D eigenvalue weighted by molar-refractivity contribution is 5.87. The lowest BCUT2D eigenvalue weighted by atomic mass is 9.77. The first kappa shape index (κ1) is 16.3. The molecule has 3 saturated heterocycles. The molecule has 2 amide bonds. The molecular formula is C18H27FN2O3. The maximum Gasteiger partial charge on any atom is 0.260 e. The molecule has 4 rings (SSSR count). The molecule has 1 aliphatic carbocycles. The molecule has 1 unspecified atom stereocenters. The molecule has 0 radical (unpaired) electrons. The van der Waals surface area contributed by atoms with Crippen LogP contribution in [0.2, 0.25) is 0 Å². The van der Waals surface area contributed by atoms with Crippen LogP contribution in [0, 0.1) is 5.92 Å². The van der Waals surface area contributed by atoms with Crippen LogP contribution < -0.4 is 0 Å². The molecule has 24 heavy (non-hydrogen) atoms. The van der Waals surface area contributed by atoms with E-state index in [4.69, 9.17) is 4.74 Å². The van der Waals surface area contributed by atoms with E-state index in [-0.39, 0.29) is 17.4 Å². The van der Waals surface area contributed by atoms with Gasteiger partial charge in [0.1, 0.15) is 5.60 Å². The smallest absolute Gasteiger partial charge is 0.260 e. The molecule has 4 aliphatic rings. The van der Waals surface area contributed by atoms with Gasteiger partial charge in [0.05, 0.1) is 19.7 Å². The minimum absolute atomic E-state index is 0.252. The van der Waals surface area contributed by atoms with Gasteiger partial charge in [-0.2, -0.15) is 0 Å². The SMILES string of the molecule is O=C1CCCCN1CC1CCC2(CN(C(=O)C3(F)CCC3)C2)OC1. The Balaban J connectivity index is 1.24. The Labute approximate surface area is 142 Å². The van der Waals surface area contributed by atoms with E-state index >= 15 is 0 Å². The zero-order valence-electron chi connectivity index (χ0n) is 14.3. The summed E-state index contributed by atoms with van der Waals surface area (Å²) in [5.74, 6) is 0.335. The number of nitrogens with zero attached hydrogens (tertiary/aromatic N) is 2. The normalized spacial score (nSPS) is 31.5. The van der Waals surface area contributed by atoms with Gasteiger partial charge in [0.25, 0.3) is 5.91 Å². The second kappa shape index (κ2) is 5.97. The van der Waals surface area contributed by atoms with Crippen molar-refractivity contribution in [2.24, 2.45) is 5.92 Å². The number of rotatable bonds is 3. The Morgan fingerprint density at radius 3 is 2.58 bits per heavy atom. The predicted octanol–water partition coefficient (Wildman–Crippen LogP) is 1.90. The van der Waals surface area contributed by atoms with Crippen molar-refractivity contribution >= 4 is 11.8 Å². The van der Waals surface area contributed by atoms with Crippen LogP contribution in [0.25, 0.3) is 0 Å². The fourth-order valence-corrected chi connectivity index (χ4v) is 4.45. The van der Waals surface area contributed by atoms with Crippen molar-refractivity contribution in [1.29, 1.82) is 0 Å². The summed E-state index contributed by atoms with van der Waals surface area (Å²) < 4.78 is 20.3. The fourth-order valence-electron chi connectivity index (χ4n) is 4.45. The number of alkyl halides is 1. The van der Waals surface area contributed by atoms with Crippen LogP contribution in [0.1, 0.15) is 51.4 Å². The predicted molar refractivity (Wildman–Crippen MR) is 86.1 cm³/mol. The van der Waals surface area contributed by atoms with Crippen LogP contribution in [-0.4, -0.2) is 65.7 Å². The minimum Gasteiger partial charge on any atom is -0.371 e. The van der Waals surface area contributed by atoms with E-state index in [1.165, 1.54) is 0 Å². The molecule has 1 atom stereocenters. The summed E-state index contributed by atoms with van der Waals surface area (Å²) in [6.07, 6.45) is 6.29. The average molecular weight is 338 g/mol. The van der Waals surface area contributed by atoms with Crippen LogP contribution in [0.15, 0.2) is 0 Å². The van der Waals surface area contributed by atoms with Gasteiger partial charge in [-0.25, -0.2) is 4.39 Å². The molecule has 6 heteroatoms. The number of carbonyl (C=O) groups excluding carboxylic acids is 2. The Hall–Kier alpha value is -1.17. The third-order valence-electron chi connectivity index (χ3n) is 6.31. The van der Waals surface area contributed by atoms with Gasteiger partial charge in [-0.15, -0.1) is 0 Å². The Kier molecular flexibility index (Phi) is 4.06. The second-order valence-corrected chi connectivity index (χ2v) is 8.18. The summed E-state index contributed by atoms with van der Waals surface area (Å²) in [6, 6.07) is 0. The summed E-state index contributed by atoms with van der Waals surface area (Å²) in [5, 5.41) is 0. The molecule has 134 valence electrons. The first-order valence-corrected chi connectivity index (χ1v) is 9.40. The Morgan fingerprint density at radius 1 is 1.21 bits per heavy atom. The first-order valence-electron chi connectivity index (χ1n) is 9.40. The van der Waals surface area contributed by atoms with Crippen molar-refractivity contribution in [2.75, 3.05) is 32.8 Å². The molecule has 0 bridgehead atoms. The van der Waals surface area contributed by atoms with Crippen molar-refractivity contribution in [3.8, 4) is 0 Å². The van der Waals surface area contributed by atoms with Crippen molar-refractivity contribution in [1.82, 2.24) is 9.80 Å². The lowest BCUT2D eigenvalue weighted by Crippen LogP contribution is -2.69. The highest BCUT2D eigenvalue weighted by Crippen LogP contribution is 2.42. The van der Waals surface area contributed by atoms with Crippen molar-refractivity contribution in [2.45, 2.75) is 62.6 Å². The van der Waals surface area contributed by atoms with Gasteiger partial charge in [-0.05, 0) is 44.9 Å². The molecule has 1 saturated carbocycles.